The summed E-state index contributed by atoms with van der Waals surface area (Å²) in [6.45, 7) is 9.13. The van der Waals surface area contributed by atoms with Crippen molar-refractivity contribution in [2.24, 2.45) is 11.7 Å². The third-order valence-electron chi connectivity index (χ3n) is 3.34. The topological polar surface area (TPSA) is 38.0 Å². The highest BCUT2D eigenvalue weighted by Crippen LogP contribution is 2.22. The van der Waals surface area contributed by atoms with Gasteiger partial charge in [-0.3, -0.25) is 0 Å². The van der Waals surface area contributed by atoms with E-state index in [9.17, 15) is 4.39 Å². The number of nitrogens with two attached hydrogens (primary N) is 1. The van der Waals surface area contributed by atoms with Crippen molar-refractivity contribution >= 4 is 0 Å². The Kier molecular flexibility index (Phi) is 5.76. The second kappa shape index (κ2) is 6.86. The van der Waals surface area contributed by atoms with Crippen LogP contribution in [0.4, 0.5) is 4.39 Å². The summed E-state index contributed by atoms with van der Waals surface area (Å²) in [6, 6.07) is 6.77. The van der Waals surface area contributed by atoms with E-state index in [4.69, 9.17) is 5.73 Å². The summed E-state index contributed by atoms with van der Waals surface area (Å²) in [7, 11) is 0. The van der Waals surface area contributed by atoms with Crippen molar-refractivity contribution in [2.45, 2.75) is 32.6 Å². The average Bonchev–Trinajstić information content (AvgIpc) is 2.29. The zero-order valence-corrected chi connectivity index (χ0v) is 11.7. The van der Waals surface area contributed by atoms with Gasteiger partial charge in [-0.15, -0.1) is 0 Å². The van der Waals surface area contributed by atoms with Crippen molar-refractivity contribution in [3.8, 4) is 0 Å². The number of benzene rings is 1. The van der Waals surface area contributed by atoms with Crippen molar-refractivity contribution in [1.82, 2.24) is 5.32 Å². The van der Waals surface area contributed by atoms with E-state index in [2.05, 4.69) is 26.1 Å². The summed E-state index contributed by atoms with van der Waals surface area (Å²) < 4.78 is 12.9. The Bertz CT molecular complexity index is 346. The van der Waals surface area contributed by atoms with Crippen LogP contribution in [0.15, 0.2) is 24.3 Å². The minimum Gasteiger partial charge on any atom is -0.330 e. The maximum absolute atomic E-state index is 12.9. The Balaban J connectivity index is 2.46. The van der Waals surface area contributed by atoms with Gasteiger partial charge in [-0.2, -0.15) is 0 Å². The zero-order chi connectivity index (χ0) is 13.6. The molecule has 0 amide bonds. The number of rotatable bonds is 7. The van der Waals surface area contributed by atoms with Gasteiger partial charge >= 0.3 is 0 Å². The lowest BCUT2D eigenvalue weighted by Gasteiger charge is -2.26. The summed E-state index contributed by atoms with van der Waals surface area (Å²) in [5.74, 6) is 0.415. The van der Waals surface area contributed by atoms with Gasteiger partial charge in [0.05, 0.1) is 0 Å². The first-order valence-corrected chi connectivity index (χ1v) is 6.62. The molecule has 1 aromatic carbocycles. The van der Waals surface area contributed by atoms with Crippen LogP contribution in [0.3, 0.4) is 0 Å². The number of hydrogen-bond donors (Lipinski definition) is 2. The van der Waals surface area contributed by atoms with Gasteiger partial charge in [0, 0.05) is 12.0 Å². The zero-order valence-electron chi connectivity index (χ0n) is 11.7. The minimum atomic E-state index is -0.181. The molecule has 102 valence electrons. The normalized spacial score (nSPS) is 13.6. The molecule has 0 aliphatic carbocycles. The van der Waals surface area contributed by atoms with E-state index < -0.39 is 0 Å². The Morgan fingerprint density at radius 2 is 1.89 bits per heavy atom. The molecular weight excluding hydrogens is 227 g/mol. The molecule has 3 N–H and O–H groups in total. The number of halogens is 1. The molecule has 0 saturated carbocycles. The van der Waals surface area contributed by atoms with Gasteiger partial charge in [-0.1, -0.05) is 32.9 Å². The highest BCUT2D eigenvalue weighted by atomic mass is 19.1. The van der Waals surface area contributed by atoms with E-state index in [-0.39, 0.29) is 11.2 Å². The van der Waals surface area contributed by atoms with Crippen LogP contribution in [0.25, 0.3) is 0 Å². The molecule has 0 spiro atoms. The first kappa shape index (κ1) is 15.1. The smallest absolute Gasteiger partial charge is 0.123 e. The quantitative estimate of drug-likeness (QED) is 0.783. The van der Waals surface area contributed by atoms with Gasteiger partial charge in [0.25, 0.3) is 0 Å². The van der Waals surface area contributed by atoms with Crippen molar-refractivity contribution in [2.75, 3.05) is 19.6 Å². The largest absolute Gasteiger partial charge is 0.330 e. The van der Waals surface area contributed by atoms with E-state index in [1.807, 2.05) is 12.1 Å². The van der Waals surface area contributed by atoms with Crippen LogP contribution in [-0.4, -0.2) is 19.6 Å². The second-order valence-electron chi connectivity index (χ2n) is 5.70. The molecule has 18 heavy (non-hydrogen) atoms. The first-order chi connectivity index (χ1) is 8.45. The van der Waals surface area contributed by atoms with Crippen LogP contribution in [0, 0.1) is 11.7 Å². The molecule has 0 aliphatic heterocycles. The van der Waals surface area contributed by atoms with Crippen LogP contribution in [0.2, 0.25) is 0 Å². The standard InChI is InChI=1S/C15H25FN2/c1-12(8-9-17)10-18-11-15(2,3)13-4-6-14(16)7-5-13/h4-7,12,18H,8-11,17H2,1-3H3. The van der Waals surface area contributed by atoms with Crippen molar-refractivity contribution in [3.63, 3.8) is 0 Å². The molecule has 1 rings (SSSR count). The van der Waals surface area contributed by atoms with E-state index >= 15 is 0 Å². The van der Waals surface area contributed by atoms with Gasteiger partial charge in [-0.25, -0.2) is 4.39 Å². The molecule has 1 aromatic rings. The summed E-state index contributed by atoms with van der Waals surface area (Å²) in [5, 5.41) is 3.47. The van der Waals surface area contributed by atoms with E-state index in [0.717, 1.165) is 31.6 Å². The third kappa shape index (κ3) is 4.75. The lowest BCUT2D eigenvalue weighted by Crippen LogP contribution is -2.35. The lowest BCUT2D eigenvalue weighted by atomic mass is 9.84. The van der Waals surface area contributed by atoms with Crippen LogP contribution >= 0.6 is 0 Å². The van der Waals surface area contributed by atoms with Crippen LogP contribution in [0.5, 0.6) is 0 Å². The molecule has 0 radical (unpaired) electrons. The Morgan fingerprint density at radius 3 is 2.44 bits per heavy atom. The van der Waals surface area contributed by atoms with Crippen LogP contribution < -0.4 is 11.1 Å². The fourth-order valence-electron chi connectivity index (χ4n) is 2.02. The van der Waals surface area contributed by atoms with Crippen molar-refractivity contribution in [1.29, 1.82) is 0 Å². The van der Waals surface area contributed by atoms with E-state index in [1.165, 1.54) is 12.1 Å². The molecule has 0 aromatic heterocycles. The van der Waals surface area contributed by atoms with Gasteiger partial charge in [0.1, 0.15) is 5.82 Å². The summed E-state index contributed by atoms with van der Waals surface area (Å²) in [4.78, 5) is 0. The first-order valence-electron chi connectivity index (χ1n) is 6.62. The Hall–Kier alpha value is -0.930. The second-order valence-corrected chi connectivity index (χ2v) is 5.70. The van der Waals surface area contributed by atoms with Crippen molar-refractivity contribution < 1.29 is 4.39 Å². The van der Waals surface area contributed by atoms with Crippen molar-refractivity contribution in [3.05, 3.63) is 35.6 Å². The molecule has 0 aliphatic rings. The maximum atomic E-state index is 12.9. The Labute approximate surface area is 110 Å². The van der Waals surface area contributed by atoms with Gasteiger partial charge in [-0.05, 0) is 43.1 Å². The maximum Gasteiger partial charge on any atom is 0.123 e. The van der Waals surface area contributed by atoms with Crippen LogP contribution in [-0.2, 0) is 5.41 Å². The van der Waals surface area contributed by atoms with Gasteiger partial charge < -0.3 is 11.1 Å². The predicted molar refractivity (Wildman–Crippen MR) is 75.1 cm³/mol. The molecule has 1 atom stereocenters. The minimum absolute atomic E-state index is 0.0101. The Morgan fingerprint density at radius 1 is 1.28 bits per heavy atom. The molecule has 0 fully saturated rings. The van der Waals surface area contributed by atoms with Gasteiger partial charge in [0.15, 0.2) is 0 Å². The van der Waals surface area contributed by atoms with Gasteiger partial charge in [0.2, 0.25) is 0 Å². The highest BCUT2D eigenvalue weighted by Gasteiger charge is 2.20. The molecule has 3 heteroatoms. The van der Waals surface area contributed by atoms with E-state index in [1.54, 1.807) is 0 Å². The predicted octanol–water partition coefficient (Wildman–Crippen LogP) is 2.68. The third-order valence-corrected chi connectivity index (χ3v) is 3.34. The molecule has 2 nitrogen and oxygen atoms in total. The van der Waals surface area contributed by atoms with Crippen LogP contribution in [0.1, 0.15) is 32.8 Å². The molecule has 0 bridgehead atoms. The lowest BCUT2D eigenvalue weighted by molar-refractivity contribution is 0.421. The number of hydrogen-bond acceptors (Lipinski definition) is 2. The fraction of sp³-hybridized carbons (Fsp3) is 0.600. The SMILES string of the molecule is CC(CCN)CNCC(C)(C)c1ccc(F)cc1. The summed E-state index contributed by atoms with van der Waals surface area (Å²) in [5.41, 5.74) is 6.69. The average molecular weight is 252 g/mol. The summed E-state index contributed by atoms with van der Waals surface area (Å²) >= 11 is 0. The molecule has 1 unspecified atom stereocenters. The fourth-order valence-corrected chi connectivity index (χ4v) is 2.02. The number of nitrogens with one attached hydrogen (secondary N) is 1. The highest BCUT2D eigenvalue weighted by molar-refractivity contribution is 5.24. The molecule has 0 saturated heterocycles. The monoisotopic (exact) mass is 252 g/mol. The molecule has 0 heterocycles. The molecular formula is C15H25FN2. The summed E-state index contributed by atoms with van der Waals surface area (Å²) in [6.07, 6.45) is 1.05. The van der Waals surface area contributed by atoms with E-state index in [0.29, 0.717) is 5.92 Å².